The molecule has 1 N–H and O–H groups in total. The lowest BCUT2D eigenvalue weighted by Crippen LogP contribution is -2.31. The minimum absolute atomic E-state index is 0.0235. The average molecular weight is 392 g/mol. The Hall–Kier alpha value is -2.41. The van der Waals surface area contributed by atoms with Crippen molar-refractivity contribution in [3.8, 4) is 0 Å². The number of nitrogens with zero attached hydrogens (tertiary/aromatic N) is 1. The SMILES string of the molecule is CCCC(=O)NC[C@H](c1ccc(N(C)C)cc1)S(=O)(=O)c1ccc(F)cc1. The molecule has 2 rings (SSSR count). The highest BCUT2D eigenvalue weighted by Crippen LogP contribution is 2.30. The lowest BCUT2D eigenvalue weighted by atomic mass is 10.1. The molecule has 0 heterocycles. The predicted octanol–water partition coefficient (Wildman–Crippen LogP) is 3.32. The van der Waals surface area contributed by atoms with Gasteiger partial charge in [0.05, 0.1) is 4.90 Å². The summed E-state index contributed by atoms with van der Waals surface area (Å²) in [7, 11) is -0.0185. The first-order valence-corrected chi connectivity index (χ1v) is 10.3. The van der Waals surface area contributed by atoms with Crippen LogP contribution in [0.1, 0.15) is 30.6 Å². The molecule has 0 radical (unpaired) electrons. The molecule has 2 aromatic carbocycles. The first-order valence-electron chi connectivity index (χ1n) is 8.79. The fourth-order valence-corrected chi connectivity index (χ4v) is 4.37. The molecule has 27 heavy (non-hydrogen) atoms. The van der Waals surface area contributed by atoms with Crippen molar-refractivity contribution in [1.29, 1.82) is 0 Å². The van der Waals surface area contributed by atoms with Crippen LogP contribution in [0.4, 0.5) is 10.1 Å². The van der Waals surface area contributed by atoms with E-state index in [1.807, 2.05) is 38.1 Å². The molecule has 0 aromatic heterocycles. The van der Waals surface area contributed by atoms with Crippen LogP contribution in [0, 0.1) is 5.82 Å². The molecule has 0 aliphatic carbocycles. The molecular weight excluding hydrogens is 367 g/mol. The van der Waals surface area contributed by atoms with Gasteiger partial charge in [-0.25, -0.2) is 12.8 Å². The maximum Gasteiger partial charge on any atom is 0.220 e. The standard InChI is InChI=1S/C20H25FN2O3S/c1-4-5-20(24)22-14-19(15-6-10-17(11-7-15)23(2)3)27(25,26)18-12-8-16(21)9-13-18/h6-13,19H,4-5,14H2,1-3H3,(H,22,24)/t19-/m1/s1. The van der Waals surface area contributed by atoms with Crippen LogP contribution >= 0.6 is 0 Å². The number of nitrogens with one attached hydrogen (secondary N) is 1. The van der Waals surface area contributed by atoms with Gasteiger partial charge in [-0.15, -0.1) is 0 Å². The summed E-state index contributed by atoms with van der Waals surface area (Å²) in [6.45, 7) is 1.84. The van der Waals surface area contributed by atoms with Gasteiger partial charge in [-0.05, 0) is 48.4 Å². The minimum atomic E-state index is -3.81. The number of halogens is 1. The number of rotatable bonds is 8. The van der Waals surface area contributed by atoms with E-state index < -0.39 is 20.9 Å². The van der Waals surface area contributed by atoms with Gasteiger partial charge in [0, 0.05) is 32.7 Å². The van der Waals surface area contributed by atoms with Crippen LogP contribution in [0.5, 0.6) is 0 Å². The highest BCUT2D eigenvalue weighted by atomic mass is 32.2. The molecule has 0 bridgehead atoms. The lowest BCUT2D eigenvalue weighted by molar-refractivity contribution is -0.121. The Morgan fingerprint density at radius 2 is 1.67 bits per heavy atom. The third-order valence-electron chi connectivity index (χ3n) is 4.26. The van der Waals surface area contributed by atoms with Gasteiger partial charge in [0.1, 0.15) is 11.1 Å². The van der Waals surface area contributed by atoms with Gasteiger partial charge in [0.15, 0.2) is 9.84 Å². The van der Waals surface area contributed by atoms with Crippen LogP contribution in [-0.4, -0.2) is 35.0 Å². The van der Waals surface area contributed by atoms with E-state index in [2.05, 4.69) is 5.32 Å². The van der Waals surface area contributed by atoms with Crippen LogP contribution in [0.15, 0.2) is 53.4 Å². The molecule has 146 valence electrons. The first kappa shape index (κ1) is 20.9. The fourth-order valence-electron chi connectivity index (χ4n) is 2.70. The molecule has 1 atom stereocenters. The van der Waals surface area contributed by atoms with Gasteiger partial charge in [0.2, 0.25) is 5.91 Å². The quantitative estimate of drug-likeness (QED) is 0.700. The smallest absolute Gasteiger partial charge is 0.220 e. The summed E-state index contributed by atoms with van der Waals surface area (Å²) in [5.74, 6) is -0.696. The van der Waals surface area contributed by atoms with Gasteiger partial charge in [-0.1, -0.05) is 19.1 Å². The summed E-state index contributed by atoms with van der Waals surface area (Å²) in [4.78, 5) is 13.8. The summed E-state index contributed by atoms with van der Waals surface area (Å²) < 4.78 is 39.5. The summed E-state index contributed by atoms with van der Waals surface area (Å²) >= 11 is 0. The molecule has 0 saturated carbocycles. The number of carbonyl (C=O) groups excluding carboxylic acids is 1. The summed E-state index contributed by atoms with van der Waals surface area (Å²) in [5.41, 5.74) is 1.51. The maximum absolute atomic E-state index is 13.2. The molecule has 5 nitrogen and oxygen atoms in total. The van der Waals surface area contributed by atoms with Crippen molar-refractivity contribution < 1.29 is 17.6 Å². The summed E-state index contributed by atoms with van der Waals surface area (Å²) in [5, 5.41) is 1.75. The summed E-state index contributed by atoms with van der Waals surface area (Å²) in [6.07, 6.45) is 1.02. The van der Waals surface area contributed by atoms with Crippen molar-refractivity contribution in [3.05, 3.63) is 59.9 Å². The van der Waals surface area contributed by atoms with Gasteiger partial charge < -0.3 is 10.2 Å². The number of hydrogen-bond acceptors (Lipinski definition) is 4. The monoisotopic (exact) mass is 392 g/mol. The Kier molecular flexibility index (Phi) is 6.96. The fraction of sp³-hybridized carbons (Fsp3) is 0.350. The molecule has 2 aromatic rings. The Balaban J connectivity index is 2.39. The van der Waals surface area contributed by atoms with E-state index in [9.17, 15) is 17.6 Å². The molecule has 0 spiro atoms. The molecule has 1 amide bonds. The van der Waals surface area contributed by atoms with Crippen LogP contribution in [0.2, 0.25) is 0 Å². The number of anilines is 1. The van der Waals surface area contributed by atoms with E-state index in [1.54, 1.807) is 12.1 Å². The van der Waals surface area contributed by atoms with Crippen molar-refractivity contribution in [2.24, 2.45) is 0 Å². The molecule has 0 saturated heterocycles. The van der Waals surface area contributed by atoms with Crippen LogP contribution < -0.4 is 10.2 Å². The Morgan fingerprint density at radius 1 is 1.07 bits per heavy atom. The predicted molar refractivity (Wildman–Crippen MR) is 105 cm³/mol. The zero-order valence-corrected chi connectivity index (χ0v) is 16.6. The highest BCUT2D eigenvalue weighted by Gasteiger charge is 2.29. The maximum atomic E-state index is 13.2. The van der Waals surface area contributed by atoms with Crippen molar-refractivity contribution in [1.82, 2.24) is 5.32 Å². The number of sulfone groups is 1. The Bertz CT molecular complexity index is 863. The van der Waals surface area contributed by atoms with Gasteiger partial charge >= 0.3 is 0 Å². The van der Waals surface area contributed by atoms with E-state index in [1.165, 1.54) is 12.1 Å². The zero-order chi connectivity index (χ0) is 20.0. The Morgan fingerprint density at radius 3 is 2.19 bits per heavy atom. The van der Waals surface area contributed by atoms with Gasteiger partial charge in [0.25, 0.3) is 0 Å². The molecule has 0 aliphatic rings. The van der Waals surface area contributed by atoms with Crippen LogP contribution in [0.3, 0.4) is 0 Å². The van der Waals surface area contributed by atoms with Crippen LogP contribution in [-0.2, 0) is 14.6 Å². The van der Waals surface area contributed by atoms with E-state index in [4.69, 9.17) is 0 Å². The van der Waals surface area contributed by atoms with Gasteiger partial charge in [-0.2, -0.15) is 0 Å². The largest absolute Gasteiger partial charge is 0.378 e. The molecule has 0 fully saturated rings. The van der Waals surface area contributed by atoms with Crippen molar-refractivity contribution >= 4 is 21.4 Å². The molecule has 0 unspecified atom stereocenters. The molecule has 7 heteroatoms. The average Bonchev–Trinajstić information content (AvgIpc) is 2.62. The number of hydrogen-bond donors (Lipinski definition) is 1. The highest BCUT2D eigenvalue weighted by molar-refractivity contribution is 7.91. The molecule has 0 aliphatic heterocycles. The van der Waals surface area contributed by atoms with E-state index in [0.29, 0.717) is 18.4 Å². The number of benzene rings is 2. The topological polar surface area (TPSA) is 66.5 Å². The lowest BCUT2D eigenvalue weighted by Gasteiger charge is -2.20. The first-order chi connectivity index (χ1) is 12.8. The van der Waals surface area contributed by atoms with Crippen LogP contribution in [0.25, 0.3) is 0 Å². The second-order valence-corrected chi connectivity index (χ2v) is 8.66. The normalized spacial score (nSPS) is 12.4. The number of carbonyl (C=O) groups is 1. The van der Waals surface area contributed by atoms with Crippen molar-refractivity contribution in [2.75, 3.05) is 25.5 Å². The van der Waals surface area contributed by atoms with Crippen molar-refractivity contribution in [3.63, 3.8) is 0 Å². The van der Waals surface area contributed by atoms with E-state index in [0.717, 1.165) is 17.8 Å². The third kappa shape index (κ3) is 5.29. The second-order valence-electron chi connectivity index (χ2n) is 6.53. The van der Waals surface area contributed by atoms with Crippen molar-refractivity contribution in [2.45, 2.75) is 29.9 Å². The van der Waals surface area contributed by atoms with E-state index in [-0.39, 0.29) is 17.3 Å². The van der Waals surface area contributed by atoms with Gasteiger partial charge in [-0.3, -0.25) is 4.79 Å². The summed E-state index contributed by atoms with van der Waals surface area (Å²) in [6, 6.07) is 11.9. The zero-order valence-electron chi connectivity index (χ0n) is 15.8. The Labute approximate surface area is 160 Å². The second kappa shape index (κ2) is 8.99. The third-order valence-corrected chi connectivity index (χ3v) is 6.38. The van der Waals surface area contributed by atoms with E-state index >= 15 is 0 Å². The number of amides is 1. The molecular formula is C20H25FN2O3S. The minimum Gasteiger partial charge on any atom is -0.378 e.